The molecule has 0 amide bonds. The Labute approximate surface area is 276 Å². The summed E-state index contributed by atoms with van der Waals surface area (Å²) in [6, 6.07) is 7.93. The smallest absolute Gasteiger partial charge is 0.335 e. The Bertz CT molecular complexity index is 1380. The summed E-state index contributed by atoms with van der Waals surface area (Å²) in [5.41, 5.74) is 1.02. The molecule has 0 aliphatic heterocycles. The van der Waals surface area contributed by atoms with Gasteiger partial charge in [-0.3, -0.25) is 4.79 Å². The van der Waals surface area contributed by atoms with E-state index < -0.39 is 41.9 Å². The van der Waals surface area contributed by atoms with Gasteiger partial charge in [0.15, 0.2) is 11.6 Å². The third-order valence-electron chi connectivity index (χ3n) is 10.3. The molecule has 9 heteroatoms. The number of aliphatic hydroxyl groups excluding tert-OH is 2. The van der Waals surface area contributed by atoms with Gasteiger partial charge in [0.2, 0.25) is 0 Å². The molecule has 258 valence electrons. The van der Waals surface area contributed by atoms with Gasteiger partial charge in [-0.05, 0) is 99.2 Å². The Kier molecular flexibility index (Phi) is 13.5. The summed E-state index contributed by atoms with van der Waals surface area (Å²) in [5.74, 6) is -4.26. The minimum Gasteiger partial charge on any atom is -0.465 e. The Morgan fingerprint density at radius 2 is 1.51 bits per heavy atom. The van der Waals surface area contributed by atoms with Crippen LogP contribution in [0.25, 0.3) is 11.1 Å². The first-order valence-electron chi connectivity index (χ1n) is 17.1. The van der Waals surface area contributed by atoms with Crippen molar-refractivity contribution in [3.63, 3.8) is 0 Å². The van der Waals surface area contributed by atoms with Crippen LogP contribution < -0.4 is 0 Å². The van der Waals surface area contributed by atoms with Gasteiger partial charge < -0.3 is 19.7 Å². The normalized spacial score (nSPS) is 22.7. The molecule has 0 spiro atoms. The molecule has 2 N–H and O–H groups in total. The second-order valence-corrected chi connectivity index (χ2v) is 13.5. The van der Waals surface area contributed by atoms with Crippen LogP contribution >= 0.6 is 0 Å². The number of hydrogen-bond acceptors (Lipinski definition) is 6. The zero-order chi connectivity index (χ0) is 34.1. The van der Waals surface area contributed by atoms with E-state index in [1.165, 1.54) is 31.9 Å². The van der Waals surface area contributed by atoms with Crippen molar-refractivity contribution >= 4 is 11.9 Å². The van der Waals surface area contributed by atoms with Crippen LogP contribution in [0, 0.1) is 41.1 Å². The van der Waals surface area contributed by atoms with Crippen LogP contribution in [-0.2, 0) is 19.1 Å². The lowest BCUT2D eigenvalue weighted by Gasteiger charge is -2.34. The fraction of sp³-hybridized carbons (Fsp3) is 0.579. The third-order valence-corrected chi connectivity index (χ3v) is 10.3. The first kappa shape index (κ1) is 36.7. The van der Waals surface area contributed by atoms with Crippen LogP contribution in [0.5, 0.6) is 0 Å². The zero-order valence-corrected chi connectivity index (χ0v) is 27.6. The number of benzene rings is 2. The van der Waals surface area contributed by atoms with Crippen LogP contribution in [-0.4, -0.2) is 48.6 Å². The summed E-state index contributed by atoms with van der Waals surface area (Å²) >= 11 is 0. The fourth-order valence-electron chi connectivity index (χ4n) is 7.26. The molecule has 4 rings (SSSR count). The maximum Gasteiger partial charge on any atom is 0.335 e. The summed E-state index contributed by atoms with van der Waals surface area (Å²) < 4.78 is 57.1. The van der Waals surface area contributed by atoms with Gasteiger partial charge in [-0.2, -0.15) is 0 Å². The van der Waals surface area contributed by atoms with E-state index in [1.807, 2.05) is 6.07 Å². The molecule has 2 aliphatic carbocycles. The van der Waals surface area contributed by atoms with Gasteiger partial charge in [0.25, 0.3) is 0 Å². The average molecular weight is 659 g/mol. The Balaban J connectivity index is 1.42. The van der Waals surface area contributed by atoms with Crippen molar-refractivity contribution in [3.8, 4) is 11.1 Å². The van der Waals surface area contributed by atoms with Gasteiger partial charge in [-0.25, -0.2) is 18.0 Å². The molecule has 0 aromatic heterocycles. The maximum atomic E-state index is 15.6. The molecule has 47 heavy (non-hydrogen) atoms. The van der Waals surface area contributed by atoms with Gasteiger partial charge in [0.05, 0.1) is 37.9 Å². The molecule has 0 bridgehead atoms. The number of carbonyl (C=O) groups excluding carboxylic acids is 2. The standard InChI is InChI=1S/C38H49F3O6/c1-4-5-25-6-8-26(9-7-25)29-14-15-32(34(39)18-29)33-17-16-31(35(40)36(33)41)28-12-10-27(11-13-28)30(21-46-37(44)23(2)19-42)22-47-38(45)24(3)20-43/h14-18,24-28,30,42-43H,2,4-13,19-22H2,1,3H3. The van der Waals surface area contributed by atoms with Crippen LogP contribution in [0.3, 0.4) is 0 Å². The highest BCUT2D eigenvalue weighted by molar-refractivity contribution is 5.87. The molecule has 2 fully saturated rings. The highest BCUT2D eigenvalue weighted by Gasteiger charge is 2.33. The molecule has 2 aromatic rings. The van der Waals surface area contributed by atoms with E-state index in [0.29, 0.717) is 25.7 Å². The number of hydrogen-bond donors (Lipinski definition) is 2. The van der Waals surface area contributed by atoms with Crippen molar-refractivity contribution < 1.29 is 42.4 Å². The Hall–Kier alpha value is -3.17. The van der Waals surface area contributed by atoms with Crippen molar-refractivity contribution in [2.24, 2.45) is 23.7 Å². The van der Waals surface area contributed by atoms with E-state index in [9.17, 15) is 19.8 Å². The molecule has 2 aliphatic rings. The van der Waals surface area contributed by atoms with Crippen molar-refractivity contribution in [3.05, 3.63) is 71.1 Å². The number of ether oxygens (including phenoxy) is 2. The lowest BCUT2D eigenvalue weighted by molar-refractivity contribution is -0.153. The topological polar surface area (TPSA) is 93.1 Å². The van der Waals surface area contributed by atoms with Crippen LogP contribution in [0.1, 0.15) is 101 Å². The second-order valence-electron chi connectivity index (χ2n) is 13.5. The van der Waals surface area contributed by atoms with Crippen molar-refractivity contribution in [1.82, 2.24) is 0 Å². The van der Waals surface area contributed by atoms with E-state index in [2.05, 4.69) is 13.5 Å². The maximum absolute atomic E-state index is 15.6. The molecular weight excluding hydrogens is 609 g/mol. The Morgan fingerprint density at radius 3 is 2.13 bits per heavy atom. The second kappa shape index (κ2) is 17.3. The summed E-state index contributed by atoms with van der Waals surface area (Å²) in [7, 11) is 0. The number of carbonyl (C=O) groups is 2. The summed E-state index contributed by atoms with van der Waals surface area (Å²) in [6.45, 7) is 6.18. The number of rotatable bonds is 14. The molecular formula is C38H49F3O6. The Morgan fingerprint density at radius 1 is 0.872 bits per heavy atom. The lowest BCUT2D eigenvalue weighted by atomic mass is 9.74. The van der Waals surface area contributed by atoms with Crippen LogP contribution in [0.15, 0.2) is 42.5 Å². The third kappa shape index (κ3) is 9.26. The fourth-order valence-corrected chi connectivity index (χ4v) is 7.26. The predicted octanol–water partition coefficient (Wildman–Crippen LogP) is 8.00. The molecule has 2 unspecified atom stereocenters. The van der Waals surface area contributed by atoms with Gasteiger partial charge >= 0.3 is 11.9 Å². The van der Waals surface area contributed by atoms with E-state index in [1.54, 1.807) is 12.1 Å². The monoisotopic (exact) mass is 658 g/mol. The number of esters is 2. The van der Waals surface area contributed by atoms with E-state index in [-0.39, 0.29) is 65.8 Å². The first-order chi connectivity index (χ1) is 22.6. The van der Waals surface area contributed by atoms with Crippen molar-refractivity contribution in [1.29, 1.82) is 0 Å². The van der Waals surface area contributed by atoms with E-state index >= 15 is 13.2 Å². The SMILES string of the molecule is C=C(CO)C(=O)OCC(COC(=O)C(C)CO)C1CCC(c2ccc(-c3ccc(C4CCC(CCC)CC4)cc3F)c(F)c2F)CC1. The van der Waals surface area contributed by atoms with Gasteiger partial charge in [-0.1, -0.05) is 50.6 Å². The molecule has 0 heterocycles. The van der Waals surface area contributed by atoms with Gasteiger partial charge in [0, 0.05) is 17.0 Å². The highest BCUT2D eigenvalue weighted by Crippen LogP contribution is 2.42. The quantitative estimate of drug-likeness (QED) is 0.158. The van der Waals surface area contributed by atoms with Gasteiger partial charge in [-0.15, -0.1) is 0 Å². The highest BCUT2D eigenvalue weighted by atomic mass is 19.2. The van der Waals surface area contributed by atoms with Crippen LogP contribution in [0.4, 0.5) is 13.2 Å². The molecule has 0 radical (unpaired) electrons. The molecule has 6 nitrogen and oxygen atoms in total. The minimum atomic E-state index is -1.06. The summed E-state index contributed by atoms with van der Waals surface area (Å²) in [6.07, 6.45) is 8.93. The number of halogens is 3. The first-order valence-corrected chi connectivity index (χ1v) is 17.1. The molecule has 2 saturated carbocycles. The van der Waals surface area contributed by atoms with Crippen molar-refractivity contribution in [2.75, 3.05) is 26.4 Å². The summed E-state index contributed by atoms with van der Waals surface area (Å²) in [4.78, 5) is 24.3. The molecule has 0 saturated heterocycles. The molecule has 2 aromatic carbocycles. The number of aliphatic hydroxyl groups is 2. The predicted molar refractivity (Wildman–Crippen MR) is 174 cm³/mol. The van der Waals surface area contributed by atoms with Crippen molar-refractivity contribution in [2.45, 2.75) is 89.9 Å². The van der Waals surface area contributed by atoms with Crippen LogP contribution in [0.2, 0.25) is 0 Å². The average Bonchev–Trinajstić information content (AvgIpc) is 3.09. The lowest BCUT2D eigenvalue weighted by Crippen LogP contribution is -2.32. The zero-order valence-electron chi connectivity index (χ0n) is 27.6. The van der Waals surface area contributed by atoms with Gasteiger partial charge in [0.1, 0.15) is 5.82 Å². The van der Waals surface area contributed by atoms with E-state index in [4.69, 9.17) is 9.47 Å². The molecule has 2 atom stereocenters. The van der Waals surface area contributed by atoms with E-state index in [0.717, 1.165) is 37.2 Å². The summed E-state index contributed by atoms with van der Waals surface area (Å²) in [5, 5.41) is 18.4. The minimum absolute atomic E-state index is 0.0415. The largest absolute Gasteiger partial charge is 0.465 e.